The number of carbonyl (C=O) groups excluding carboxylic acids is 1. The van der Waals surface area contributed by atoms with Gasteiger partial charge in [0.1, 0.15) is 16.3 Å². The van der Waals surface area contributed by atoms with Crippen LogP contribution in [0.4, 0.5) is 8.78 Å². The minimum Gasteiger partial charge on any atom is -0.453 e. The molecule has 0 saturated heterocycles. The van der Waals surface area contributed by atoms with E-state index in [1.54, 1.807) is 17.8 Å². The Morgan fingerprint density at radius 2 is 2.27 bits per heavy atom. The molecule has 3 heterocycles. The lowest BCUT2D eigenvalue weighted by molar-refractivity contribution is 0.0380. The summed E-state index contributed by atoms with van der Waals surface area (Å²) in [6.45, 7) is -1.17. The van der Waals surface area contributed by atoms with Crippen LogP contribution in [-0.4, -0.2) is 25.3 Å². The molecule has 0 unspecified atom stereocenters. The SMILES string of the molecule is Cc1nn(C)c2sc(C(=O)OCc3nccn3C(F)F)cc12. The summed E-state index contributed by atoms with van der Waals surface area (Å²) in [7, 11) is 1.79. The van der Waals surface area contributed by atoms with Crippen LogP contribution in [0.2, 0.25) is 0 Å². The third-order valence-electron chi connectivity index (χ3n) is 3.19. The monoisotopic (exact) mass is 326 g/mol. The third-order valence-corrected chi connectivity index (χ3v) is 4.37. The highest BCUT2D eigenvalue weighted by atomic mass is 32.1. The van der Waals surface area contributed by atoms with Gasteiger partial charge in [0.2, 0.25) is 0 Å². The van der Waals surface area contributed by atoms with E-state index in [1.807, 2.05) is 6.92 Å². The second-order valence-corrected chi connectivity index (χ2v) is 5.67. The van der Waals surface area contributed by atoms with E-state index in [4.69, 9.17) is 4.74 Å². The molecule has 0 aliphatic carbocycles. The minimum absolute atomic E-state index is 0.00214. The molecule has 3 aromatic rings. The zero-order chi connectivity index (χ0) is 15.9. The Kier molecular flexibility index (Phi) is 3.65. The molecule has 0 aliphatic heterocycles. The number of hydrogen-bond donors (Lipinski definition) is 0. The predicted molar refractivity (Wildman–Crippen MR) is 75.9 cm³/mol. The van der Waals surface area contributed by atoms with E-state index in [0.29, 0.717) is 9.44 Å². The minimum atomic E-state index is -2.71. The molecule has 0 N–H and O–H groups in total. The van der Waals surface area contributed by atoms with Crippen molar-refractivity contribution in [2.75, 3.05) is 0 Å². The summed E-state index contributed by atoms with van der Waals surface area (Å²) in [5.41, 5.74) is 0.820. The van der Waals surface area contributed by atoms with Crippen molar-refractivity contribution in [3.05, 3.63) is 34.9 Å². The number of fused-ring (bicyclic) bond motifs is 1. The Morgan fingerprint density at radius 1 is 1.50 bits per heavy atom. The van der Waals surface area contributed by atoms with Crippen molar-refractivity contribution < 1.29 is 18.3 Å². The molecule has 9 heteroatoms. The van der Waals surface area contributed by atoms with Crippen LogP contribution < -0.4 is 0 Å². The van der Waals surface area contributed by atoms with Crippen molar-refractivity contribution in [3.63, 3.8) is 0 Å². The summed E-state index contributed by atoms with van der Waals surface area (Å²) in [4.78, 5) is 17.1. The molecule has 22 heavy (non-hydrogen) atoms. The van der Waals surface area contributed by atoms with E-state index in [2.05, 4.69) is 10.1 Å². The molecule has 6 nitrogen and oxygen atoms in total. The van der Waals surface area contributed by atoms with Gasteiger partial charge in [-0.1, -0.05) is 0 Å². The lowest BCUT2D eigenvalue weighted by atomic mass is 10.3. The maximum Gasteiger partial charge on any atom is 0.348 e. The highest BCUT2D eigenvalue weighted by Crippen LogP contribution is 2.28. The average Bonchev–Trinajstić information content (AvgIpc) is 3.15. The molecule has 0 aliphatic rings. The Hall–Kier alpha value is -2.29. The standard InChI is InChI=1S/C13H12F2N4O2S/c1-7-8-5-9(22-11(8)18(2)17-7)12(20)21-6-10-16-3-4-19(10)13(14)15/h3-5,13H,6H2,1-2H3. The van der Waals surface area contributed by atoms with Crippen LogP contribution in [0, 0.1) is 6.92 Å². The van der Waals surface area contributed by atoms with E-state index in [9.17, 15) is 13.6 Å². The van der Waals surface area contributed by atoms with Crippen LogP contribution >= 0.6 is 11.3 Å². The number of halogens is 2. The number of hydrogen-bond acceptors (Lipinski definition) is 5. The summed E-state index contributed by atoms with van der Waals surface area (Å²) in [5.74, 6) is -0.563. The number of ether oxygens (including phenoxy) is 1. The van der Waals surface area contributed by atoms with Gasteiger partial charge in [-0.05, 0) is 13.0 Å². The van der Waals surface area contributed by atoms with Crippen LogP contribution in [0.15, 0.2) is 18.5 Å². The molecule has 0 aromatic carbocycles. The van der Waals surface area contributed by atoms with Crippen molar-refractivity contribution in [2.24, 2.45) is 7.05 Å². The van der Waals surface area contributed by atoms with Crippen LogP contribution in [0.1, 0.15) is 27.7 Å². The number of aromatic nitrogens is 4. The van der Waals surface area contributed by atoms with E-state index in [1.165, 1.54) is 17.5 Å². The Balaban J connectivity index is 1.76. The fraction of sp³-hybridized carbons (Fsp3) is 0.308. The number of imidazole rings is 1. The normalized spacial score (nSPS) is 11.5. The number of aryl methyl sites for hydroxylation is 2. The number of carbonyl (C=O) groups is 1. The second kappa shape index (κ2) is 5.48. The lowest BCUT2D eigenvalue weighted by Crippen LogP contribution is -2.09. The van der Waals surface area contributed by atoms with Crippen molar-refractivity contribution in [1.82, 2.24) is 19.3 Å². The van der Waals surface area contributed by atoms with Gasteiger partial charge in [0.25, 0.3) is 0 Å². The van der Waals surface area contributed by atoms with Gasteiger partial charge in [0, 0.05) is 24.8 Å². The first kappa shape index (κ1) is 14.6. The number of esters is 1. The smallest absolute Gasteiger partial charge is 0.348 e. The molecule has 0 radical (unpaired) electrons. The number of rotatable bonds is 4. The molecular formula is C13H12F2N4O2S. The largest absolute Gasteiger partial charge is 0.453 e. The number of nitrogens with zero attached hydrogens (tertiary/aromatic N) is 4. The molecule has 0 saturated carbocycles. The fourth-order valence-corrected chi connectivity index (χ4v) is 3.16. The molecule has 0 spiro atoms. The zero-order valence-corrected chi connectivity index (χ0v) is 12.6. The van der Waals surface area contributed by atoms with E-state index >= 15 is 0 Å². The first-order valence-electron chi connectivity index (χ1n) is 6.37. The topological polar surface area (TPSA) is 61.9 Å². The highest BCUT2D eigenvalue weighted by Gasteiger charge is 2.18. The van der Waals surface area contributed by atoms with Gasteiger partial charge in [-0.15, -0.1) is 11.3 Å². The maximum atomic E-state index is 12.7. The Morgan fingerprint density at radius 3 is 2.95 bits per heavy atom. The summed E-state index contributed by atoms with van der Waals surface area (Å²) in [6.07, 6.45) is 2.38. The molecule has 0 fully saturated rings. The van der Waals surface area contributed by atoms with Crippen molar-refractivity contribution in [2.45, 2.75) is 20.1 Å². The summed E-state index contributed by atoms with van der Waals surface area (Å²) >= 11 is 1.25. The fourth-order valence-electron chi connectivity index (χ4n) is 2.14. The van der Waals surface area contributed by atoms with Gasteiger partial charge in [-0.2, -0.15) is 13.9 Å². The quantitative estimate of drug-likeness (QED) is 0.692. The third kappa shape index (κ3) is 2.47. The second-order valence-electron chi connectivity index (χ2n) is 4.64. The number of thiophene rings is 1. The van der Waals surface area contributed by atoms with Crippen molar-refractivity contribution in [1.29, 1.82) is 0 Å². The van der Waals surface area contributed by atoms with Crippen LogP contribution in [-0.2, 0) is 18.4 Å². The predicted octanol–water partition coefficient (Wildman–Crippen LogP) is 2.89. The van der Waals surface area contributed by atoms with Crippen LogP contribution in [0.25, 0.3) is 10.2 Å². The molecule has 0 amide bonds. The van der Waals surface area contributed by atoms with Crippen molar-refractivity contribution >= 4 is 27.5 Å². The van der Waals surface area contributed by atoms with Gasteiger partial charge in [-0.3, -0.25) is 9.25 Å². The van der Waals surface area contributed by atoms with Gasteiger partial charge in [-0.25, -0.2) is 9.78 Å². The number of alkyl halides is 2. The van der Waals surface area contributed by atoms with Gasteiger partial charge < -0.3 is 4.74 Å². The average molecular weight is 326 g/mol. The highest BCUT2D eigenvalue weighted by molar-refractivity contribution is 7.20. The van der Waals surface area contributed by atoms with E-state index in [0.717, 1.165) is 22.1 Å². The first-order valence-corrected chi connectivity index (χ1v) is 7.19. The molecule has 116 valence electrons. The van der Waals surface area contributed by atoms with E-state index < -0.39 is 12.5 Å². The molecular weight excluding hydrogens is 314 g/mol. The van der Waals surface area contributed by atoms with Crippen LogP contribution in [0.3, 0.4) is 0 Å². The van der Waals surface area contributed by atoms with Gasteiger partial charge >= 0.3 is 12.5 Å². The Bertz CT molecular complexity index is 802. The van der Waals surface area contributed by atoms with Gasteiger partial charge in [0.15, 0.2) is 5.82 Å². The summed E-state index contributed by atoms with van der Waals surface area (Å²) in [5, 5.41) is 5.13. The van der Waals surface area contributed by atoms with Crippen LogP contribution in [0.5, 0.6) is 0 Å². The van der Waals surface area contributed by atoms with Crippen molar-refractivity contribution in [3.8, 4) is 0 Å². The molecule has 0 bridgehead atoms. The first-order chi connectivity index (χ1) is 10.5. The molecule has 0 atom stereocenters. The van der Waals surface area contributed by atoms with Gasteiger partial charge in [0.05, 0.1) is 5.69 Å². The lowest BCUT2D eigenvalue weighted by Gasteiger charge is -2.06. The zero-order valence-electron chi connectivity index (χ0n) is 11.8. The Labute approximate surface area is 127 Å². The molecule has 3 rings (SSSR count). The summed E-state index contributed by atoms with van der Waals surface area (Å²) in [6, 6.07) is 1.70. The molecule has 3 aromatic heterocycles. The summed E-state index contributed by atoms with van der Waals surface area (Å²) < 4.78 is 32.8. The van der Waals surface area contributed by atoms with E-state index in [-0.39, 0.29) is 12.4 Å². The maximum absolute atomic E-state index is 12.7.